The van der Waals surface area contributed by atoms with Crippen LogP contribution < -0.4 is 21.5 Å². The molecule has 1 aliphatic heterocycles. The Morgan fingerprint density at radius 1 is 1.37 bits per heavy atom. The molecule has 10 heteroatoms. The van der Waals surface area contributed by atoms with Gasteiger partial charge in [0, 0.05) is 18.8 Å². The molecule has 1 saturated heterocycles. The third kappa shape index (κ3) is 3.09. The number of nitrogens with one attached hydrogen (secondary N) is 1. The zero-order chi connectivity index (χ0) is 19.0. The van der Waals surface area contributed by atoms with Gasteiger partial charge in [-0.2, -0.15) is 15.3 Å². The third-order valence-electron chi connectivity index (χ3n) is 4.72. The van der Waals surface area contributed by atoms with Crippen LogP contribution in [0.3, 0.4) is 0 Å². The van der Waals surface area contributed by atoms with Crippen LogP contribution in [0.5, 0.6) is 5.75 Å². The van der Waals surface area contributed by atoms with Gasteiger partial charge in [-0.1, -0.05) is 0 Å². The van der Waals surface area contributed by atoms with Gasteiger partial charge in [0.1, 0.15) is 22.5 Å². The maximum Gasteiger partial charge on any atom is 0.222 e. The van der Waals surface area contributed by atoms with E-state index < -0.39 is 0 Å². The molecule has 4 rings (SSSR count). The average Bonchev–Trinajstić information content (AvgIpc) is 3.29. The molecule has 1 aliphatic rings. The van der Waals surface area contributed by atoms with Crippen molar-refractivity contribution in [3.05, 3.63) is 29.7 Å². The summed E-state index contributed by atoms with van der Waals surface area (Å²) in [4.78, 5) is 12.7. The van der Waals surface area contributed by atoms with Crippen molar-refractivity contribution in [1.29, 1.82) is 5.26 Å². The summed E-state index contributed by atoms with van der Waals surface area (Å²) in [6, 6.07) is 4.35. The van der Waals surface area contributed by atoms with Gasteiger partial charge in [-0.3, -0.25) is 9.67 Å². The van der Waals surface area contributed by atoms with Crippen LogP contribution in [0.4, 0.5) is 11.8 Å². The van der Waals surface area contributed by atoms with Gasteiger partial charge in [0.05, 0.1) is 31.8 Å². The molecule has 27 heavy (non-hydrogen) atoms. The summed E-state index contributed by atoms with van der Waals surface area (Å²) in [7, 11) is 1.60. The lowest BCUT2D eigenvalue weighted by molar-refractivity contribution is 0.403. The first-order valence-electron chi connectivity index (χ1n) is 8.49. The normalized spacial score (nSPS) is 19.3. The number of nitrogen functional groups attached to an aromatic ring is 2. The molecule has 0 spiro atoms. The van der Waals surface area contributed by atoms with Gasteiger partial charge < -0.3 is 21.5 Å². The van der Waals surface area contributed by atoms with Crippen molar-refractivity contribution in [2.75, 3.05) is 25.1 Å². The molecule has 0 aromatic carbocycles. The van der Waals surface area contributed by atoms with Crippen molar-refractivity contribution in [1.82, 2.24) is 30.0 Å². The number of hydrogen-bond donors (Lipinski definition) is 3. The zero-order valence-electron chi connectivity index (χ0n) is 14.8. The first-order valence-corrected chi connectivity index (χ1v) is 8.49. The van der Waals surface area contributed by atoms with Crippen LogP contribution in [0.15, 0.2) is 18.5 Å². The van der Waals surface area contributed by atoms with Crippen molar-refractivity contribution in [2.45, 2.75) is 19.0 Å². The highest BCUT2D eigenvalue weighted by molar-refractivity contribution is 5.85. The molecule has 138 valence electrons. The van der Waals surface area contributed by atoms with E-state index in [0.717, 1.165) is 12.0 Å². The molecular formula is C17H19N9O. The molecule has 0 radical (unpaired) electrons. The van der Waals surface area contributed by atoms with E-state index in [9.17, 15) is 0 Å². The smallest absolute Gasteiger partial charge is 0.222 e. The second kappa shape index (κ2) is 6.69. The third-order valence-corrected chi connectivity index (χ3v) is 4.72. The van der Waals surface area contributed by atoms with Crippen LogP contribution in [0, 0.1) is 17.2 Å². The van der Waals surface area contributed by atoms with Gasteiger partial charge in [0.25, 0.3) is 0 Å². The van der Waals surface area contributed by atoms with Crippen LogP contribution in [0.25, 0.3) is 11.0 Å². The van der Waals surface area contributed by atoms with E-state index in [1.165, 1.54) is 0 Å². The minimum absolute atomic E-state index is 0.0199. The molecule has 2 unspecified atom stereocenters. The van der Waals surface area contributed by atoms with Crippen molar-refractivity contribution in [2.24, 2.45) is 5.92 Å². The van der Waals surface area contributed by atoms with Crippen molar-refractivity contribution < 1.29 is 4.74 Å². The molecule has 3 aromatic rings. The van der Waals surface area contributed by atoms with E-state index >= 15 is 0 Å². The number of hydrogen-bond acceptors (Lipinski definition) is 9. The van der Waals surface area contributed by atoms with Crippen LogP contribution in [-0.2, 0) is 6.54 Å². The van der Waals surface area contributed by atoms with Crippen molar-refractivity contribution >= 4 is 22.8 Å². The summed E-state index contributed by atoms with van der Waals surface area (Å²) in [5.41, 5.74) is 14.5. The fourth-order valence-corrected chi connectivity index (χ4v) is 3.37. The van der Waals surface area contributed by atoms with Crippen molar-refractivity contribution in [3.8, 4) is 11.8 Å². The zero-order valence-corrected chi connectivity index (χ0v) is 14.8. The second-order valence-corrected chi connectivity index (χ2v) is 6.44. The van der Waals surface area contributed by atoms with Gasteiger partial charge in [-0.25, -0.2) is 4.98 Å². The van der Waals surface area contributed by atoms with Crippen LogP contribution in [0.1, 0.15) is 23.7 Å². The number of aromatic nitrogens is 5. The van der Waals surface area contributed by atoms with Crippen molar-refractivity contribution in [3.63, 3.8) is 0 Å². The Bertz CT molecular complexity index is 1040. The number of fused-ring (bicyclic) bond motifs is 1. The summed E-state index contributed by atoms with van der Waals surface area (Å²) < 4.78 is 7.20. The summed E-state index contributed by atoms with van der Waals surface area (Å²) in [5.74, 6) is 1.04. The fraction of sp³-hybridized carbons (Fsp3) is 0.353. The molecular weight excluding hydrogens is 346 g/mol. The molecule has 3 aromatic heterocycles. The molecule has 5 N–H and O–H groups in total. The van der Waals surface area contributed by atoms with E-state index in [4.69, 9.17) is 21.5 Å². The number of nitrogens with two attached hydrogens (primary N) is 2. The number of pyridine rings is 1. The maximum atomic E-state index is 9.08. The lowest BCUT2D eigenvalue weighted by Gasteiger charge is -2.14. The summed E-state index contributed by atoms with van der Waals surface area (Å²) in [6.45, 7) is 1.04. The number of nitrogens with zero attached hydrogens (tertiary/aromatic N) is 6. The van der Waals surface area contributed by atoms with E-state index in [2.05, 4.69) is 31.4 Å². The van der Waals surface area contributed by atoms with Crippen LogP contribution in [-0.4, -0.2) is 38.4 Å². The van der Waals surface area contributed by atoms with Gasteiger partial charge >= 0.3 is 0 Å². The highest BCUT2D eigenvalue weighted by Gasteiger charge is 2.26. The Balaban J connectivity index is 1.64. The Hall–Kier alpha value is -3.45. The SMILES string of the molecule is COc1cc(C2CC(C#N)CN2)cnc1Cn1ncc2nc(N)nc(N)c21. The number of methoxy groups -OCH3 is 1. The molecule has 0 amide bonds. The molecule has 0 bridgehead atoms. The topological polar surface area (TPSA) is 154 Å². The van der Waals surface area contributed by atoms with E-state index in [-0.39, 0.29) is 23.7 Å². The molecule has 10 nitrogen and oxygen atoms in total. The summed E-state index contributed by atoms with van der Waals surface area (Å²) in [5, 5.41) is 16.7. The fourth-order valence-electron chi connectivity index (χ4n) is 3.37. The van der Waals surface area contributed by atoms with E-state index in [1.54, 1.807) is 24.2 Å². The summed E-state index contributed by atoms with van der Waals surface area (Å²) >= 11 is 0. The van der Waals surface area contributed by atoms with Crippen LogP contribution in [0.2, 0.25) is 0 Å². The van der Waals surface area contributed by atoms with Crippen LogP contribution >= 0.6 is 0 Å². The Morgan fingerprint density at radius 2 is 2.22 bits per heavy atom. The second-order valence-electron chi connectivity index (χ2n) is 6.44. The highest BCUT2D eigenvalue weighted by atomic mass is 16.5. The molecule has 1 fully saturated rings. The quantitative estimate of drug-likeness (QED) is 0.603. The minimum Gasteiger partial charge on any atom is -0.495 e. The van der Waals surface area contributed by atoms with Gasteiger partial charge in [-0.15, -0.1) is 0 Å². The first-order chi connectivity index (χ1) is 13.1. The molecule has 0 aliphatic carbocycles. The lowest BCUT2D eigenvalue weighted by Crippen LogP contribution is -2.15. The Kier molecular flexibility index (Phi) is 4.21. The number of rotatable bonds is 4. The van der Waals surface area contributed by atoms with Gasteiger partial charge in [-0.05, 0) is 18.1 Å². The maximum absolute atomic E-state index is 9.08. The number of anilines is 2. The monoisotopic (exact) mass is 365 g/mol. The minimum atomic E-state index is 0.0199. The number of ether oxygens (including phenoxy) is 1. The van der Waals surface area contributed by atoms with E-state index in [1.807, 2.05) is 6.07 Å². The first kappa shape index (κ1) is 17.0. The standard InChI is InChI=1S/C17H19N9O/c1-27-14-3-10(11-2-9(4-18)5-21-11)6-22-13(14)8-26-15-12(7-23-26)24-17(20)25-16(15)19/h3,6-7,9,11,21H,2,5,8H2,1H3,(H4,19,20,24,25). The average molecular weight is 365 g/mol. The van der Waals surface area contributed by atoms with Gasteiger partial charge in [0.2, 0.25) is 5.95 Å². The molecule has 4 heterocycles. The Morgan fingerprint density at radius 3 is 2.96 bits per heavy atom. The Labute approximate surface area is 155 Å². The van der Waals surface area contributed by atoms with E-state index in [0.29, 0.717) is 35.6 Å². The predicted octanol–water partition coefficient (Wildman–Crippen LogP) is 0.617. The largest absolute Gasteiger partial charge is 0.495 e. The highest BCUT2D eigenvalue weighted by Crippen LogP contribution is 2.30. The summed E-state index contributed by atoms with van der Waals surface area (Å²) in [6.07, 6.45) is 4.16. The van der Waals surface area contributed by atoms with Gasteiger partial charge in [0.15, 0.2) is 5.82 Å². The predicted molar refractivity (Wildman–Crippen MR) is 98.5 cm³/mol. The lowest BCUT2D eigenvalue weighted by atomic mass is 10.0. The molecule has 2 atom stereocenters. The molecule has 0 saturated carbocycles. The number of nitriles is 1.